The molecule has 1 heterocycles. The van der Waals surface area contributed by atoms with Gasteiger partial charge in [-0.2, -0.15) is 0 Å². The molecule has 0 unspecified atom stereocenters. The summed E-state index contributed by atoms with van der Waals surface area (Å²) in [5, 5.41) is 0. The third-order valence-electron chi connectivity index (χ3n) is 2.58. The molecule has 0 saturated heterocycles. The van der Waals surface area contributed by atoms with Gasteiger partial charge in [-0.3, -0.25) is 4.90 Å². The molecule has 20 heavy (non-hydrogen) atoms. The zero-order chi connectivity index (χ0) is 15.3. The van der Waals surface area contributed by atoms with E-state index in [0.29, 0.717) is 5.82 Å². The zero-order valence-electron chi connectivity index (χ0n) is 12.8. The SMILES string of the molecule is C=C/C=C(/C)c1ccc(N(C)C(=O)OC(C)(C)C)nc1. The van der Waals surface area contributed by atoms with Crippen LogP contribution in [0.1, 0.15) is 33.3 Å². The molecule has 0 spiro atoms. The van der Waals surface area contributed by atoms with Gasteiger partial charge in [0.25, 0.3) is 0 Å². The highest BCUT2D eigenvalue weighted by molar-refractivity contribution is 5.86. The second-order valence-corrected chi connectivity index (χ2v) is 5.53. The van der Waals surface area contributed by atoms with Gasteiger partial charge in [0.2, 0.25) is 0 Å². The van der Waals surface area contributed by atoms with Gasteiger partial charge in [-0.15, -0.1) is 0 Å². The summed E-state index contributed by atoms with van der Waals surface area (Å²) in [6, 6.07) is 3.71. The Bertz CT molecular complexity index is 510. The van der Waals surface area contributed by atoms with Gasteiger partial charge in [-0.25, -0.2) is 9.78 Å². The van der Waals surface area contributed by atoms with Gasteiger partial charge < -0.3 is 4.74 Å². The molecule has 0 aliphatic heterocycles. The zero-order valence-corrected chi connectivity index (χ0v) is 12.8. The number of ether oxygens (including phenoxy) is 1. The minimum absolute atomic E-state index is 0.420. The van der Waals surface area contributed by atoms with Gasteiger partial charge in [0.1, 0.15) is 11.4 Å². The average Bonchev–Trinajstić information content (AvgIpc) is 2.36. The molecule has 0 N–H and O–H groups in total. The molecular formula is C16H22N2O2. The van der Waals surface area contributed by atoms with Crippen LogP contribution >= 0.6 is 0 Å². The van der Waals surface area contributed by atoms with E-state index in [1.54, 1.807) is 25.4 Å². The van der Waals surface area contributed by atoms with Crippen molar-refractivity contribution in [3.05, 3.63) is 42.6 Å². The van der Waals surface area contributed by atoms with Gasteiger partial charge in [0, 0.05) is 13.2 Å². The van der Waals surface area contributed by atoms with Crippen molar-refractivity contribution in [3.63, 3.8) is 0 Å². The second kappa shape index (κ2) is 6.37. The van der Waals surface area contributed by atoms with E-state index in [1.165, 1.54) is 4.90 Å². The lowest BCUT2D eigenvalue weighted by atomic mass is 10.1. The van der Waals surface area contributed by atoms with Crippen LogP contribution in [0, 0.1) is 0 Å². The van der Waals surface area contributed by atoms with Crippen LogP contribution < -0.4 is 4.90 Å². The predicted molar refractivity (Wildman–Crippen MR) is 82.7 cm³/mol. The number of amides is 1. The van der Waals surface area contributed by atoms with Crippen LogP contribution in [0.4, 0.5) is 10.6 Å². The Hall–Kier alpha value is -2.10. The maximum absolute atomic E-state index is 11.9. The highest BCUT2D eigenvalue weighted by Gasteiger charge is 2.21. The summed E-state index contributed by atoms with van der Waals surface area (Å²) < 4.78 is 5.29. The lowest BCUT2D eigenvalue weighted by molar-refractivity contribution is 0.0588. The van der Waals surface area contributed by atoms with E-state index in [9.17, 15) is 4.79 Å². The van der Waals surface area contributed by atoms with Gasteiger partial charge in [-0.1, -0.05) is 18.7 Å². The third-order valence-corrected chi connectivity index (χ3v) is 2.58. The van der Waals surface area contributed by atoms with Crippen molar-refractivity contribution in [2.24, 2.45) is 0 Å². The van der Waals surface area contributed by atoms with Gasteiger partial charge in [-0.05, 0) is 51.0 Å². The topological polar surface area (TPSA) is 42.4 Å². The molecule has 1 rings (SSSR count). The van der Waals surface area contributed by atoms with Crippen LogP contribution in [0.25, 0.3) is 5.57 Å². The standard InChI is InChI=1S/C16H22N2O2/c1-7-8-12(2)13-9-10-14(17-11-13)18(6)15(19)20-16(3,4)5/h7-11H,1H2,2-6H3/b12-8-. The Morgan fingerprint density at radius 3 is 2.50 bits per heavy atom. The van der Waals surface area contributed by atoms with E-state index >= 15 is 0 Å². The number of rotatable bonds is 3. The average molecular weight is 274 g/mol. The summed E-state index contributed by atoms with van der Waals surface area (Å²) >= 11 is 0. The Labute approximate surface area is 120 Å². The molecule has 0 aromatic carbocycles. The molecule has 0 fully saturated rings. The highest BCUT2D eigenvalue weighted by Crippen LogP contribution is 2.18. The van der Waals surface area contributed by atoms with Crippen molar-refractivity contribution in [3.8, 4) is 0 Å². The van der Waals surface area contributed by atoms with Crippen LogP contribution in [0.15, 0.2) is 37.1 Å². The molecule has 0 bridgehead atoms. The molecule has 4 heteroatoms. The number of allylic oxidation sites excluding steroid dienone is 3. The van der Waals surface area contributed by atoms with Crippen LogP contribution in [-0.4, -0.2) is 23.7 Å². The van der Waals surface area contributed by atoms with Crippen LogP contribution in [-0.2, 0) is 4.74 Å². The molecule has 0 saturated carbocycles. The van der Waals surface area contributed by atoms with E-state index in [4.69, 9.17) is 4.74 Å². The van der Waals surface area contributed by atoms with Crippen molar-refractivity contribution >= 4 is 17.5 Å². The van der Waals surface area contributed by atoms with E-state index in [0.717, 1.165) is 11.1 Å². The monoisotopic (exact) mass is 274 g/mol. The summed E-state index contributed by atoms with van der Waals surface area (Å²) in [7, 11) is 1.64. The number of hydrogen-bond acceptors (Lipinski definition) is 3. The number of pyridine rings is 1. The predicted octanol–water partition coefficient (Wildman–Crippen LogP) is 4.04. The first kappa shape index (κ1) is 16.0. The number of hydrogen-bond donors (Lipinski definition) is 0. The fourth-order valence-electron chi connectivity index (χ4n) is 1.51. The van der Waals surface area contributed by atoms with Crippen molar-refractivity contribution in [2.45, 2.75) is 33.3 Å². The van der Waals surface area contributed by atoms with Gasteiger partial charge in [0.05, 0.1) is 0 Å². The van der Waals surface area contributed by atoms with Crippen molar-refractivity contribution in [2.75, 3.05) is 11.9 Å². The summed E-state index contributed by atoms with van der Waals surface area (Å²) in [5.74, 6) is 0.550. The fourth-order valence-corrected chi connectivity index (χ4v) is 1.51. The van der Waals surface area contributed by atoms with Crippen molar-refractivity contribution in [1.82, 2.24) is 4.98 Å². The largest absolute Gasteiger partial charge is 0.443 e. The Kier molecular flexibility index (Phi) is 5.08. The Morgan fingerprint density at radius 1 is 1.40 bits per heavy atom. The minimum Gasteiger partial charge on any atom is -0.443 e. The molecule has 4 nitrogen and oxygen atoms in total. The quantitative estimate of drug-likeness (QED) is 0.781. The molecule has 0 aliphatic carbocycles. The van der Waals surface area contributed by atoms with Gasteiger partial charge >= 0.3 is 6.09 Å². The Morgan fingerprint density at radius 2 is 2.05 bits per heavy atom. The fraction of sp³-hybridized carbons (Fsp3) is 0.375. The minimum atomic E-state index is -0.519. The smallest absolute Gasteiger partial charge is 0.415 e. The number of aromatic nitrogens is 1. The number of nitrogens with zero attached hydrogens (tertiary/aromatic N) is 2. The second-order valence-electron chi connectivity index (χ2n) is 5.53. The highest BCUT2D eigenvalue weighted by atomic mass is 16.6. The van der Waals surface area contributed by atoms with E-state index in [-0.39, 0.29) is 0 Å². The van der Waals surface area contributed by atoms with E-state index < -0.39 is 11.7 Å². The maximum Gasteiger partial charge on any atom is 0.415 e. The van der Waals surface area contributed by atoms with Crippen LogP contribution in [0.3, 0.4) is 0 Å². The summed E-state index contributed by atoms with van der Waals surface area (Å²) in [6.45, 7) is 11.1. The molecule has 1 aromatic heterocycles. The molecular weight excluding hydrogens is 252 g/mol. The van der Waals surface area contributed by atoms with E-state index in [2.05, 4.69) is 11.6 Å². The van der Waals surface area contributed by atoms with E-state index in [1.807, 2.05) is 39.8 Å². The third kappa shape index (κ3) is 4.53. The number of carbonyl (C=O) groups excluding carboxylic acids is 1. The first-order valence-corrected chi connectivity index (χ1v) is 6.47. The van der Waals surface area contributed by atoms with Gasteiger partial charge in [0.15, 0.2) is 0 Å². The molecule has 0 aliphatic rings. The molecule has 0 atom stereocenters. The normalized spacial score (nSPS) is 11.9. The summed E-state index contributed by atoms with van der Waals surface area (Å²) in [5.41, 5.74) is 1.54. The lowest BCUT2D eigenvalue weighted by Gasteiger charge is -2.24. The summed E-state index contributed by atoms with van der Waals surface area (Å²) in [4.78, 5) is 17.6. The maximum atomic E-state index is 11.9. The molecule has 108 valence electrons. The molecule has 1 amide bonds. The molecule has 1 aromatic rings. The Balaban J connectivity index is 2.85. The van der Waals surface area contributed by atoms with Crippen molar-refractivity contribution < 1.29 is 9.53 Å². The lowest BCUT2D eigenvalue weighted by Crippen LogP contribution is -2.34. The number of anilines is 1. The summed E-state index contributed by atoms with van der Waals surface area (Å²) in [6.07, 6.45) is 4.95. The first-order valence-electron chi connectivity index (χ1n) is 6.47. The first-order chi connectivity index (χ1) is 9.24. The van der Waals surface area contributed by atoms with Crippen LogP contribution in [0.5, 0.6) is 0 Å². The number of carbonyl (C=O) groups is 1. The molecule has 0 radical (unpaired) electrons. The van der Waals surface area contributed by atoms with Crippen LogP contribution in [0.2, 0.25) is 0 Å². The van der Waals surface area contributed by atoms with Crippen molar-refractivity contribution in [1.29, 1.82) is 0 Å².